The zero-order valence-corrected chi connectivity index (χ0v) is 12.4. The first-order valence-corrected chi connectivity index (χ1v) is 7.68. The minimum atomic E-state index is -0.0498. The van der Waals surface area contributed by atoms with Crippen molar-refractivity contribution >= 4 is 5.91 Å². The molecule has 2 heterocycles. The molecule has 1 aromatic rings. The molecule has 5 heteroatoms. The van der Waals surface area contributed by atoms with E-state index in [4.69, 9.17) is 9.47 Å². The Labute approximate surface area is 125 Å². The molecule has 0 radical (unpaired) electrons. The topological polar surface area (TPSA) is 59.6 Å². The normalized spacial score (nSPS) is 25.0. The molecule has 1 saturated heterocycles. The maximum absolute atomic E-state index is 12.4. The summed E-state index contributed by atoms with van der Waals surface area (Å²) >= 11 is 0. The summed E-state index contributed by atoms with van der Waals surface area (Å²) in [5.41, 5.74) is 0.622. The predicted octanol–water partition coefficient (Wildman–Crippen LogP) is 1.72. The molecule has 0 saturated carbocycles. The number of rotatable bonds is 2. The van der Waals surface area contributed by atoms with Crippen LogP contribution in [0.4, 0.5) is 0 Å². The number of hydrogen-bond acceptors (Lipinski definition) is 4. The maximum Gasteiger partial charge on any atom is 0.251 e. The van der Waals surface area contributed by atoms with Crippen molar-refractivity contribution in [1.82, 2.24) is 10.6 Å². The number of hydrogen-bond donors (Lipinski definition) is 2. The van der Waals surface area contributed by atoms with Crippen molar-refractivity contribution in [3.63, 3.8) is 0 Å². The van der Waals surface area contributed by atoms with Gasteiger partial charge in [0.05, 0.1) is 13.2 Å². The predicted molar refractivity (Wildman–Crippen MR) is 80.0 cm³/mol. The molecular formula is C16H22N2O3. The number of carbonyl (C=O) groups excluding carboxylic acids is 1. The van der Waals surface area contributed by atoms with Crippen molar-refractivity contribution in [1.29, 1.82) is 0 Å². The van der Waals surface area contributed by atoms with E-state index in [1.807, 2.05) is 6.07 Å². The van der Waals surface area contributed by atoms with Gasteiger partial charge in [-0.2, -0.15) is 0 Å². The molecule has 3 rings (SSSR count). The summed E-state index contributed by atoms with van der Waals surface area (Å²) in [6.45, 7) is 4.42. The fourth-order valence-corrected chi connectivity index (χ4v) is 2.80. The van der Waals surface area contributed by atoms with Gasteiger partial charge in [0, 0.05) is 24.1 Å². The Bertz CT molecular complexity index is 518. The second kappa shape index (κ2) is 6.35. The highest BCUT2D eigenvalue weighted by Gasteiger charge is 2.23. The largest absolute Gasteiger partial charge is 0.490 e. The van der Waals surface area contributed by atoms with Gasteiger partial charge < -0.3 is 20.1 Å². The minimum absolute atomic E-state index is 0.0498. The van der Waals surface area contributed by atoms with Crippen LogP contribution in [0, 0.1) is 0 Å². The number of fused-ring (bicyclic) bond motifs is 1. The molecule has 114 valence electrons. The number of amides is 1. The summed E-state index contributed by atoms with van der Waals surface area (Å²) < 4.78 is 11.2. The Morgan fingerprint density at radius 2 is 2.05 bits per heavy atom. The minimum Gasteiger partial charge on any atom is -0.490 e. The third kappa shape index (κ3) is 3.29. The van der Waals surface area contributed by atoms with Gasteiger partial charge in [-0.15, -0.1) is 0 Å². The fraction of sp³-hybridized carbons (Fsp3) is 0.562. The van der Waals surface area contributed by atoms with E-state index < -0.39 is 0 Å². The van der Waals surface area contributed by atoms with E-state index in [9.17, 15) is 4.79 Å². The van der Waals surface area contributed by atoms with Gasteiger partial charge in [0.15, 0.2) is 11.5 Å². The third-order valence-corrected chi connectivity index (χ3v) is 4.09. The highest BCUT2D eigenvalue weighted by atomic mass is 16.5. The summed E-state index contributed by atoms with van der Waals surface area (Å²) in [4.78, 5) is 12.4. The number of ether oxygens (including phenoxy) is 2. The first kappa shape index (κ1) is 14.2. The lowest BCUT2D eigenvalue weighted by atomic mass is 9.99. The molecule has 2 unspecified atom stereocenters. The molecule has 2 aliphatic rings. The number of piperidine rings is 1. The molecule has 21 heavy (non-hydrogen) atoms. The molecule has 0 aromatic heterocycles. The molecule has 1 aromatic carbocycles. The van der Waals surface area contributed by atoms with Gasteiger partial charge in [-0.3, -0.25) is 4.79 Å². The fourth-order valence-electron chi connectivity index (χ4n) is 2.80. The second-order valence-electron chi connectivity index (χ2n) is 5.68. The van der Waals surface area contributed by atoms with Crippen LogP contribution in [0.3, 0.4) is 0 Å². The Morgan fingerprint density at radius 3 is 2.86 bits per heavy atom. The highest BCUT2D eigenvalue weighted by molar-refractivity contribution is 5.95. The summed E-state index contributed by atoms with van der Waals surface area (Å²) in [5, 5.41) is 6.50. The molecule has 2 N–H and O–H groups in total. The third-order valence-electron chi connectivity index (χ3n) is 4.09. The van der Waals surface area contributed by atoms with Crippen molar-refractivity contribution < 1.29 is 14.3 Å². The van der Waals surface area contributed by atoms with Crippen LogP contribution in [0.5, 0.6) is 11.5 Å². The Balaban J connectivity index is 1.71. The van der Waals surface area contributed by atoms with Crippen LogP contribution in [-0.2, 0) is 0 Å². The summed E-state index contributed by atoms with van der Waals surface area (Å²) in [5.74, 6) is 1.33. The molecule has 2 aliphatic heterocycles. The van der Waals surface area contributed by atoms with Crippen molar-refractivity contribution in [3.8, 4) is 11.5 Å². The van der Waals surface area contributed by atoms with E-state index in [2.05, 4.69) is 17.6 Å². The zero-order valence-electron chi connectivity index (χ0n) is 12.4. The van der Waals surface area contributed by atoms with E-state index in [0.29, 0.717) is 30.6 Å². The summed E-state index contributed by atoms with van der Waals surface area (Å²) in [6, 6.07) is 5.88. The quantitative estimate of drug-likeness (QED) is 0.870. The standard InChI is InChI=1S/C16H22N2O3/c1-11-13(4-2-7-17-11)18-16(19)12-5-6-14-15(10-12)21-9-3-8-20-14/h5-6,10-11,13,17H,2-4,7-9H2,1H3,(H,18,19). The average Bonchev–Trinajstić information content (AvgIpc) is 2.74. The van der Waals surface area contributed by atoms with Crippen LogP contribution in [0.25, 0.3) is 0 Å². The van der Waals surface area contributed by atoms with Gasteiger partial charge in [0.2, 0.25) is 0 Å². The average molecular weight is 290 g/mol. The van der Waals surface area contributed by atoms with Crippen molar-refractivity contribution in [2.45, 2.75) is 38.3 Å². The monoisotopic (exact) mass is 290 g/mol. The second-order valence-corrected chi connectivity index (χ2v) is 5.68. The molecular weight excluding hydrogens is 268 g/mol. The van der Waals surface area contributed by atoms with Gasteiger partial charge in [-0.05, 0) is 44.5 Å². The van der Waals surface area contributed by atoms with Crippen LogP contribution < -0.4 is 20.1 Å². The molecule has 0 bridgehead atoms. The van der Waals surface area contributed by atoms with Crippen LogP contribution in [-0.4, -0.2) is 37.7 Å². The Morgan fingerprint density at radius 1 is 1.24 bits per heavy atom. The lowest BCUT2D eigenvalue weighted by molar-refractivity contribution is 0.0919. The van der Waals surface area contributed by atoms with E-state index in [1.165, 1.54) is 0 Å². The van der Waals surface area contributed by atoms with Crippen LogP contribution in [0.2, 0.25) is 0 Å². The lowest BCUT2D eigenvalue weighted by Crippen LogP contribution is -2.51. The molecule has 0 spiro atoms. The van der Waals surface area contributed by atoms with Crippen LogP contribution >= 0.6 is 0 Å². The summed E-state index contributed by atoms with van der Waals surface area (Å²) in [6.07, 6.45) is 2.97. The smallest absolute Gasteiger partial charge is 0.251 e. The van der Waals surface area contributed by atoms with E-state index in [1.54, 1.807) is 12.1 Å². The van der Waals surface area contributed by atoms with Crippen LogP contribution in [0.1, 0.15) is 36.5 Å². The van der Waals surface area contributed by atoms with Crippen molar-refractivity contribution in [2.24, 2.45) is 0 Å². The highest BCUT2D eigenvalue weighted by Crippen LogP contribution is 2.30. The van der Waals surface area contributed by atoms with Gasteiger partial charge >= 0.3 is 0 Å². The Kier molecular flexibility index (Phi) is 4.29. The molecule has 1 amide bonds. The maximum atomic E-state index is 12.4. The van der Waals surface area contributed by atoms with E-state index >= 15 is 0 Å². The van der Waals surface area contributed by atoms with Gasteiger partial charge in [-0.25, -0.2) is 0 Å². The van der Waals surface area contributed by atoms with Gasteiger partial charge in [0.25, 0.3) is 5.91 Å². The van der Waals surface area contributed by atoms with Gasteiger partial charge in [-0.1, -0.05) is 0 Å². The Hall–Kier alpha value is -1.75. The van der Waals surface area contributed by atoms with Crippen molar-refractivity contribution in [3.05, 3.63) is 23.8 Å². The van der Waals surface area contributed by atoms with E-state index in [-0.39, 0.29) is 11.9 Å². The number of nitrogens with one attached hydrogen (secondary N) is 2. The molecule has 5 nitrogen and oxygen atoms in total. The first-order chi connectivity index (χ1) is 10.2. The number of carbonyl (C=O) groups is 1. The van der Waals surface area contributed by atoms with Crippen molar-refractivity contribution in [2.75, 3.05) is 19.8 Å². The first-order valence-electron chi connectivity index (χ1n) is 7.68. The molecule has 1 fully saturated rings. The number of benzene rings is 1. The SMILES string of the molecule is CC1NCCCC1NC(=O)c1ccc2c(c1)OCCCO2. The summed E-state index contributed by atoms with van der Waals surface area (Å²) in [7, 11) is 0. The van der Waals surface area contributed by atoms with Gasteiger partial charge in [0.1, 0.15) is 0 Å². The molecule has 0 aliphatic carbocycles. The molecule has 2 atom stereocenters. The lowest BCUT2D eigenvalue weighted by Gasteiger charge is -2.30. The van der Waals surface area contributed by atoms with Crippen LogP contribution in [0.15, 0.2) is 18.2 Å². The van der Waals surface area contributed by atoms with E-state index in [0.717, 1.165) is 31.6 Å². The zero-order chi connectivity index (χ0) is 14.7.